The smallest absolute Gasteiger partial charge is 0.239 e. The van der Waals surface area contributed by atoms with Crippen LogP contribution >= 0.6 is 0 Å². The summed E-state index contributed by atoms with van der Waals surface area (Å²) in [6.07, 6.45) is 5.39. The Balaban J connectivity index is 0. The highest BCUT2D eigenvalue weighted by molar-refractivity contribution is 4.52. The van der Waals surface area contributed by atoms with Gasteiger partial charge in [0.1, 0.15) is 12.4 Å². The molecule has 7 heavy (non-hydrogen) atoms. The molecule has 1 aromatic heterocycles. The Kier molecular flexibility index (Phi) is 9.13. The fourth-order valence-electron chi connectivity index (χ4n) is 0.241. The van der Waals surface area contributed by atoms with E-state index in [4.69, 9.17) is 0 Å². The van der Waals surface area contributed by atoms with E-state index >= 15 is 0 Å². The molecule has 42 valence electrons. The summed E-state index contributed by atoms with van der Waals surface area (Å²) in [5.74, 6) is 0. The molecule has 0 spiro atoms. The van der Waals surface area contributed by atoms with Crippen LogP contribution in [-0.4, -0.2) is 4.98 Å². The Hall–Kier alpha value is 0.230. The van der Waals surface area contributed by atoms with E-state index in [-0.39, 0.29) is 36.4 Å². The maximum absolute atomic E-state index is 2.81. The van der Waals surface area contributed by atoms with Crippen molar-refractivity contribution in [2.24, 2.45) is 0 Å². The molecule has 0 atom stereocenters. The predicted octanol–water partition coefficient (Wildman–Crippen LogP) is -6.16. The lowest BCUT2D eigenvalue weighted by molar-refractivity contribution is -0.375. The van der Waals surface area contributed by atoms with Crippen molar-refractivity contribution < 1.29 is 41.4 Å². The number of nitrogens with one attached hydrogen (secondary N) is 2. The highest BCUT2D eigenvalue weighted by Crippen LogP contribution is 1.53. The van der Waals surface area contributed by atoms with Crippen LogP contribution in [0.1, 0.15) is 0 Å². The number of aromatic amines is 2. The Morgan fingerprint density at radius 1 is 1.43 bits per heavy atom. The molecular weight excluding hydrogens is 226 g/mol. The Bertz CT molecular complexity index is 69.4. The van der Waals surface area contributed by atoms with Gasteiger partial charge in [-0.05, 0) is 0 Å². The van der Waals surface area contributed by atoms with Gasteiger partial charge in [-0.25, -0.2) is 0 Å². The minimum atomic E-state index is 0. The van der Waals surface area contributed by atoms with Crippen molar-refractivity contribution in [1.82, 2.24) is 4.98 Å². The van der Waals surface area contributed by atoms with Crippen LogP contribution in [-0.2, 0) is 0 Å². The Morgan fingerprint density at radius 2 is 2.14 bits per heavy atom. The summed E-state index contributed by atoms with van der Waals surface area (Å²) in [6, 6.07) is 0. The Labute approximate surface area is 65.2 Å². The highest BCUT2D eigenvalue weighted by atomic mass is 127. The summed E-state index contributed by atoms with van der Waals surface area (Å²) < 4.78 is 0. The van der Waals surface area contributed by atoms with Crippen molar-refractivity contribution in [2.45, 2.75) is 0 Å². The molecule has 1 aromatic rings. The van der Waals surface area contributed by atoms with E-state index in [1.165, 1.54) is 0 Å². The lowest BCUT2D eigenvalue weighted by atomic mass is 11.0. The first-order valence-electron chi connectivity index (χ1n) is 1.49. The summed E-state index contributed by atoms with van der Waals surface area (Å²) in [4.78, 5) is 5.61. The second-order valence-electron chi connectivity index (χ2n) is 0.811. The van der Waals surface area contributed by atoms with E-state index in [1.807, 2.05) is 12.4 Å². The lowest BCUT2D eigenvalue weighted by Gasteiger charge is -1.37. The number of rotatable bonds is 0. The van der Waals surface area contributed by atoms with Crippen molar-refractivity contribution in [3.63, 3.8) is 0 Å². The second kappa shape index (κ2) is 6.23. The first kappa shape index (κ1) is 10.3. The molecule has 0 radical (unpaired) electrons. The van der Waals surface area contributed by atoms with Crippen LogP contribution in [0.5, 0.6) is 0 Å². The number of halogens is 2. The van der Waals surface area contributed by atoms with Crippen molar-refractivity contribution >= 4 is 0 Å². The first-order valence-corrected chi connectivity index (χ1v) is 1.49. The summed E-state index contributed by atoms with van der Waals surface area (Å²) in [5.41, 5.74) is 0. The standard InChI is InChI=1S/C3H4N2.ClH.HI/c1-2-5-3-4-1;;/h1-3H,(H,4,5);2*1H/p-1. The third kappa shape index (κ3) is 4.08. The Morgan fingerprint density at radius 3 is 2.29 bits per heavy atom. The monoisotopic (exact) mass is 231 g/mol. The van der Waals surface area contributed by atoms with Gasteiger partial charge in [0.2, 0.25) is 6.33 Å². The number of aromatic nitrogens is 2. The quantitative estimate of drug-likeness (QED) is 0.431. The average molecular weight is 231 g/mol. The molecule has 0 amide bonds. The van der Waals surface area contributed by atoms with Crippen molar-refractivity contribution in [3.05, 3.63) is 18.7 Å². The molecule has 0 bridgehead atoms. The van der Waals surface area contributed by atoms with Gasteiger partial charge >= 0.3 is 0 Å². The van der Waals surface area contributed by atoms with Crippen LogP contribution < -0.4 is 41.4 Å². The van der Waals surface area contributed by atoms with E-state index in [9.17, 15) is 0 Å². The van der Waals surface area contributed by atoms with Crippen molar-refractivity contribution in [2.75, 3.05) is 0 Å². The number of hydrogen-bond acceptors (Lipinski definition) is 0. The molecule has 0 aromatic carbocycles. The molecule has 0 aliphatic carbocycles. The minimum absolute atomic E-state index is 0. The van der Waals surface area contributed by atoms with E-state index in [0.29, 0.717) is 0 Å². The van der Waals surface area contributed by atoms with E-state index < -0.39 is 0 Å². The molecule has 2 nitrogen and oxygen atoms in total. The number of imidazole rings is 1. The van der Waals surface area contributed by atoms with Gasteiger partial charge in [-0.1, -0.05) is 0 Å². The maximum Gasteiger partial charge on any atom is 0.239 e. The van der Waals surface area contributed by atoms with Gasteiger partial charge in [0.15, 0.2) is 0 Å². The van der Waals surface area contributed by atoms with Crippen molar-refractivity contribution in [3.8, 4) is 0 Å². The summed E-state index contributed by atoms with van der Waals surface area (Å²) >= 11 is 0. The third-order valence-corrected chi connectivity index (χ3v) is 0.442. The normalized spacial score (nSPS) is 5.71. The van der Waals surface area contributed by atoms with Crippen LogP contribution in [0.3, 0.4) is 0 Å². The summed E-state index contributed by atoms with van der Waals surface area (Å²) in [6.45, 7) is 0. The zero-order valence-corrected chi connectivity index (χ0v) is 6.40. The molecule has 0 saturated heterocycles. The van der Waals surface area contributed by atoms with Crippen LogP contribution in [0, 0.1) is 0 Å². The van der Waals surface area contributed by atoms with Crippen LogP contribution in [0.15, 0.2) is 18.7 Å². The van der Waals surface area contributed by atoms with Gasteiger partial charge in [0.25, 0.3) is 0 Å². The maximum atomic E-state index is 2.81. The number of hydrogen-bond donors (Lipinski definition) is 1. The summed E-state index contributed by atoms with van der Waals surface area (Å²) in [7, 11) is 0. The molecule has 0 fully saturated rings. The van der Waals surface area contributed by atoms with Crippen LogP contribution in [0.2, 0.25) is 0 Å². The second-order valence-corrected chi connectivity index (χ2v) is 0.811. The zero-order chi connectivity index (χ0) is 3.54. The van der Waals surface area contributed by atoms with Crippen molar-refractivity contribution in [1.29, 1.82) is 0 Å². The molecule has 1 heterocycles. The molecule has 0 aliphatic rings. The molecule has 0 aliphatic heterocycles. The molecular formula is C3H5ClIN2-. The molecule has 2 N–H and O–H groups in total. The number of H-pyrrole nitrogens is 2. The van der Waals surface area contributed by atoms with E-state index in [2.05, 4.69) is 9.97 Å². The third-order valence-electron chi connectivity index (χ3n) is 0.442. The van der Waals surface area contributed by atoms with E-state index in [0.717, 1.165) is 0 Å². The average Bonchev–Trinajstić information content (AvgIpc) is 1.76. The van der Waals surface area contributed by atoms with Crippen LogP contribution in [0.4, 0.5) is 0 Å². The predicted molar refractivity (Wildman–Crippen MR) is 17.3 cm³/mol. The lowest BCUT2D eigenvalue weighted by Crippen LogP contribution is -3.00. The van der Waals surface area contributed by atoms with Gasteiger partial charge in [-0.2, -0.15) is 0 Å². The van der Waals surface area contributed by atoms with Gasteiger partial charge in [-0.15, -0.1) is 0 Å². The SMILES string of the molecule is [Cl-].[I-].c1c[nH+]c[nH]1. The van der Waals surface area contributed by atoms with E-state index in [1.54, 1.807) is 6.33 Å². The topological polar surface area (TPSA) is 29.9 Å². The van der Waals surface area contributed by atoms with Gasteiger partial charge in [0, 0.05) is 0 Å². The zero-order valence-electron chi connectivity index (χ0n) is 3.49. The van der Waals surface area contributed by atoms with Crippen LogP contribution in [0.25, 0.3) is 0 Å². The summed E-state index contributed by atoms with van der Waals surface area (Å²) in [5, 5.41) is 0. The molecule has 4 heteroatoms. The molecule has 0 saturated carbocycles. The minimum Gasteiger partial charge on any atom is -1.00 e. The van der Waals surface area contributed by atoms with Gasteiger partial charge in [-0.3, -0.25) is 9.97 Å². The highest BCUT2D eigenvalue weighted by Gasteiger charge is 1.65. The largest absolute Gasteiger partial charge is 1.00 e. The fourth-order valence-corrected chi connectivity index (χ4v) is 0.241. The molecule has 1 rings (SSSR count). The molecule has 0 unspecified atom stereocenters. The first-order chi connectivity index (χ1) is 2.50. The van der Waals surface area contributed by atoms with Gasteiger partial charge in [0.05, 0.1) is 0 Å². The van der Waals surface area contributed by atoms with Gasteiger partial charge < -0.3 is 36.4 Å². The fraction of sp³-hybridized carbons (Fsp3) is 0.